The molecule has 6 heteroatoms. The van der Waals surface area contributed by atoms with E-state index >= 15 is 0 Å². The van der Waals surface area contributed by atoms with E-state index in [0.717, 1.165) is 0 Å². The van der Waals surface area contributed by atoms with Gasteiger partial charge in [0.1, 0.15) is 0 Å². The molecule has 5 nitrogen and oxygen atoms in total. The van der Waals surface area contributed by atoms with Crippen molar-refractivity contribution in [2.75, 3.05) is 0 Å². The molecule has 0 spiro atoms. The topological polar surface area (TPSA) is 93.8 Å². The maximum absolute atomic E-state index is 11.9. The van der Waals surface area contributed by atoms with Crippen LogP contribution < -0.4 is 5.32 Å². The van der Waals surface area contributed by atoms with E-state index in [0.29, 0.717) is 10.6 Å². The molecule has 0 bridgehead atoms. The first-order valence-electron chi connectivity index (χ1n) is 5.49. The third-order valence-corrected chi connectivity index (χ3v) is 4.26. The van der Waals surface area contributed by atoms with Crippen LogP contribution in [-0.4, -0.2) is 11.8 Å². The molecule has 2 aliphatic rings. The van der Waals surface area contributed by atoms with E-state index in [4.69, 9.17) is 11.6 Å². The van der Waals surface area contributed by atoms with Crippen LogP contribution in [0.2, 0.25) is 5.02 Å². The molecule has 3 atom stereocenters. The number of fused-ring (bicyclic) bond motifs is 1. The minimum Gasteiger partial charge on any atom is -0.293 e. The highest BCUT2D eigenvalue weighted by Crippen LogP contribution is 2.76. The van der Waals surface area contributed by atoms with Crippen LogP contribution in [0.15, 0.2) is 24.3 Å². The highest BCUT2D eigenvalue weighted by atomic mass is 35.5. The van der Waals surface area contributed by atoms with Crippen LogP contribution >= 0.6 is 11.6 Å². The molecular weight excluding hydrogens is 266 g/mol. The summed E-state index contributed by atoms with van der Waals surface area (Å²) in [5.74, 6) is -2.23. The van der Waals surface area contributed by atoms with Gasteiger partial charge in [-0.3, -0.25) is 14.9 Å². The van der Waals surface area contributed by atoms with Crippen LogP contribution in [0.5, 0.6) is 0 Å². The maximum atomic E-state index is 11.9. The highest BCUT2D eigenvalue weighted by molar-refractivity contribution is 6.32. The number of benzene rings is 1. The van der Waals surface area contributed by atoms with Gasteiger partial charge in [-0.1, -0.05) is 29.8 Å². The van der Waals surface area contributed by atoms with E-state index in [-0.39, 0.29) is 0 Å². The molecule has 19 heavy (non-hydrogen) atoms. The molecule has 1 heterocycles. The quantitative estimate of drug-likeness (QED) is 0.774. The fourth-order valence-corrected chi connectivity index (χ4v) is 3.22. The zero-order valence-electron chi connectivity index (χ0n) is 9.48. The number of rotatable bonds is 1. The molecule has 2 fully saturated rings. The minimum atomic E-state index is -1.65. The van der Waals surface area contributed by atoms with Crippen LogP contribution in [0, 0.1) is 33.5 Å². The van der Waals surface area contributed by atoms with Crippen molar-refractivity contribution in [2.24, 2.45) is 10.8 Å². The number of carbonyl (C=O) groups is 2. The molecule has 1 aromatic carbocycles. The van der Waals surface area contributed by atoms with Gasteiger partial charge in [0.05, 0.1) is 12.1 Å². The SMILES string of the molecule is N#C[C@@]12C(=O)NC(=O)[C@]1(C#N)C2c1ccccc1Cl. The summed E-state index contributed by atoms with van der Waals surface area (Å²) in [4.78, 5) is 23.8. The number of nitrogens with one attached hydrogen (secondary N) is 1. The molecule has 1 saturated carbocycles. The average Bonchev–Trinajstić information content (AvgIpc) is 2.96. The standard InChI is InChI=1S/C13H6ClN3O2/c14-8-4-2-1-3-7(8)9-12(5-15)10(18)17-11(19)13(9,12)6-16/h1-4,9H,(H,17,18,19)/t9?,12-,13+. The van der Waals surface area contributed by atoms with Gasteiger partial charge < -0.3 is 0 Å². The summed E-state index contributed by atoms with van der Waals surface area (Å²) in [5.41, 5.74) is -2.82. The minimum absolute atomic E-state index is 0.340. The zero-order chi connectivity index (χ0) is 13.8. The highest BCUT2D eigenvalue weighted by Gasteiger charge is 2.91. The number of hydrogen-bond acceptors (Lipinski definition) is 4. The molecule has 0 radical (unpaired) electrons. The number of amides is 2. The monoisotopic (exact) mass is 271 g/mol. The van der Waals surface area contributed by atoms with Crippen molar-refractivity contribution in [3.8, 4) is 12.1 Å². The summed E-state index contributed by atoms with van der Waals surface area (Å²) in [7, 11) is 0. The van der Waals surface area contributed by atoms with Gasteiger partial charge in [-0.15, -0.1) is 0 Å². The Kier molecular flexibility index (Phi) is 2.06. The predicted octanol–water partition coefficient (Wildman–Crippen LogP) is 1.11. The smallest absolute Gasteiger partial charge is 0.250 e. The average molecular weight is 272 g/mol. The Morgan fingerprint density at radius 3 is 2.11 bits per heavy atom. The molecule has 92 valence electrons. The second-order valence-corrected chi connectivity index (χ2v) is 4.98. The molecule has 1 saturated heterocycles. The summed E-state index contributed by atoms with van der Waals surface area (Å²) >= 11 is 6.04. The Balaban J connectivity index is 2.25. The molecule has 1 unspecified atom stereocenters. The first-order chi connectivity index (χ1) is 9.06. The van der Waals surface area contributed by atoms with Crippen LogP contribution in [0.4, 0.5) is 0 Å². The molecule has 2 amide bonds. The lowest BCUT2D eigenvalue weighted by Crippen LogP contribution is -2.31. The van der Waals surface area contributed by atoms with Gasteiger partial charge in [-0.25, -0.2) is 0 Å². The van der Waals surface area contributed by atoms with E-state index in [9.17, 15) is 20.1 Å². The zero-order valence-corrected chi connectivity index (χ0v) is 10.2. The first-order valence-corrected chi connectivity index (χ1v) is 5.87. The first kappa shape index (κ1) is 11.7. The summed E-state index contributed by atoms with van der Waals surface area (Å²) in [6.07, 6.45) is 0. The van der Waals surface area contributed by atoms with E-state index in [2.05, 4.69) is 5.32 Å². The van der Waals surface area contributed by atoms with Gasteiger partial charge in [0.25, 0.3) is 0 Å². The number of halogens is 1. The Labute approximate surface area is 113 Å². The molecule has 1 aliphatic carbocycles. The number of nitrogens with zero attached hydrogens (tertiary/aromatic N) is 2. The van der Waals surface area contributed by atoms with Crippen molar-refractivity contribution >= 4 is 23.4 Å². The Morgan fingerprint density at radius 1 is 1.11 bits per heavy atom. The normalized spacial score (nSPS) is 35.0. The van der Waals surface area contributed by atoms with Gasteiger partial charge in [-0.2, -0.15) is 10.5 Å². The van der Waals surface area contributed by atoms with E-state index in [1.807, 2.05) is 12.1 Å². The summed E-state index contributed by atoms with van der Waals surface area (Å²) < 4.78 is 0. The van der Waals surface area contributed by atoms with E-state index in [1.54, 1.807) is 24.3 Å². The lowest BCUT2D eigenvalue weighted by atomic mass is 9.98. The molecule has 1 aliphatic heterocycles. The van der Waals surface area contributed by atoms with Gasteiger partial charge >= 0.3 is 0 Å². The molecule has 1 N–H and O–H groups in total. The number of carbonyl (C=O) groups excluding carboxylic acids is 2. The summed E-state index contributed by atoms with van der Waals surface area (Å²) in [6, 6.07) is 10.3. The Hall–Kier alpha value is -2.37. The number of nitriles is 2. The van der Waals surface area contributed by atoms with E-state index in [1.165, 1.54) is 0 Å². The van der Waals surface area contributed by atoms with E-state index < -0.39 is 28.6 Å². The number of imide groups is 1. The fourth-order valence-electron chi connectivity index (χ4n) is 2.98. The van der Waals surface area contributed by atoms with Crippen molar-refractivity contribution < 1.29 is 9.59 Å². The van der Waals surface area contributed by atoms with Gasteiger partial charge in [0.2, 0.25) is 11.8 Å². The maximum Gasteiger partial charge on any atom is 0.250 e. The third kappa shape index (κ3) is 1.01. The van der Waals surface area contributed by atoms with Crippen LogP contribution in [0.25, 0.3) is 0 Å². The third-order valence-electron chi connectivity index (χ3n) is 3.92. The Morgan fingerprint density at radius 2 is 1.63 bits per heavy atom. The van der Waals surface area contributed by atoms with Crippen molar-refractivity contribution in [1.82, 2.24) is 5.32 Å². The lowest BCUT2D eigenvalue weighted by molar-refractivity contribution is -0.128. The summed E-state index contributed by atoms with van der Waals surface area (Å²) in [5, 5.41) is 21.0. The van der Waals surface area contributed by atoms with Crippen LogP contribution in [0.3, 0.4) is 0 Å². The molecule has 0 aromatic heterocycles. The fraction of sp³-hybridized carbons (Fsp3) is 0.231. The summed E-state index contributed by atoms with van der Waals surface area (Å²) in [6.45, 7) is 0. The van der Waals surface area contributed by atoms with Crippen molar-refractivity contribution in [3.63, 3.8) is 0 Å². The second-order valence-electron chi connectivity index (χ2n) is 4.58. The van der Waals surface area contributed by atoms with Crippen molar-refractivity contribution in [2.45, 2.75) is 5.92 Å². The predicted molar refractivity (Wildman–Crippen MR) is 63.4 cm³/mol. The largest absolute Gasteiger partial charge is 0.293 e. The van der Waals surface area contributed by atoms with Crippen molar-refractivity contribution in [1.29, 1.82) is 10.5 Å². The van der Waals surface area contributed by atoms with Crippen molar-refractivity contribution in [3.05, 3.63) is 34.9 Å². The van der Waals surface area contributed by atoms with Gasteiger partial charge in [0, 0.05) is 10.9 Å². The Bertz CT molecular complexity index is 679. The number of hydrogen-bond donors (Lipinski definition) is 1. The second kappa shape index (κ2) is 3.34. The van der Waals surface area contributed by atoms with Gasteiger partial charge in [0.15, 0.2) is 10.8 Å². The lowest BCUT2D eigenvalue weighted by Gasteiger charge is -2.08. The number of piperidine rings is 1. The van der Waals surface area contributed by atoms with Crippen LogP contribution in [0.1, 0.15) is 11.5 Å². The van der Waals surface area contributed by atoms with Crippen LogP contribution in [-0.2, 0) is 9.59 Å². The van der Waals surface area contributed by atoms with Gasteiger partial charge in [-0.05, 0) is 11.6 Å². The molecule has 3 rings (SSSR count). The molecule has 1 aromatic rings. The molecular formula is C13H6ClN3O2.